The molecule has 6 heteroatoms. The van der Waals surface area contributed by atoms with Crippen LogP contribution in [0.5, 0.6) is 0 Å². The first-order valence-corrected chi connectivity index (χ1v) is 7.77. The maximum atomic E-state index is 12.2. The third-order valence-corrected chi connectivity index (χ3v) is 4.27. The summed E-state index contributed by atoms with van der Waals surface area (Å²) in [5.74, 6) is 0.672. The Balaban J connectivity index is 1.65. The minimum atomic E-state index is -0.0671. The van der Waals surface area contributed by atoms with Crippen LogP contribution >= 0.6 is 0 Å². The number of fused-ring (bicyclic) bond motifs is 1. The smallest absolute Gasteiger partial charge is 0.240 e. The molecule has 21 heavy (non-hydrogen) atoms. The maximum absolute atomic E-state index is 12.2. The number of carbonyl (C=O) groups excluding carboxylic acids is 2. The number of hydrogen-bond donors (Lipinski definition) is 1. The van der Waals surface area contributed by atoms with Crippen LogP contribution in [0, 0.1) is 6.92 Å². The molecule has 2 heterocycles. The number of aryl methyl sites for hydroxylation is 2. The molecule has 0 unspecified atom stereocenters. The van der Waals surface area contributed by atoms with Crippen molar-refractivity contribution in [2.24, 2.45) is 0 Å². The van der Waals surface area contributed by atoms with E-state index >= 15 is 0 Å². The Labute approximate surface area is 124 Å². The van der Waals surface area contributed by atoms with Crippen molar-refractivity contribution >= 4 is 17.6 Å². The zero-order valence-corrected chi connectivity index (χ0v) is 12.5. The molecule has 0 radical (unpaired) electrons. The minimum absolute atomic E-state index is 0.00111. The second-order valence-electron chi connectivity index (χ2n) is 6.00. The second kappa shape index (κ2) is 5.87. The first kappa shape index (κ1) is 14.1. The van der Waals surface area contributed by atoms with Gasteiger partial charge in [0, 0.05) is 18.5 Å². The molecule has 1 aliphatic carbocycles. The van der Waals surface area contributed by atoms with Crippen molar-refractivity contribution in [2.75, 3.05) is 11.4 Å². The summed E-state index contributed by atoms with van der Waals surface area (Å²) in [7, 11) is 0. The van der Waals surface area contributed by atoms with Crippen molar-refractivity contribution in [3.8, 4) is 0 Å². The van der Waals surface area contributed by atoms with Gasteiger partial charge in [0.05, 0.1) is 12.2 Å². The van der Waals surface area contributed by atoms with Crippen LogP contribution in [0.25, 0.3) is 0 Å². The van der Waals surface area contributed by atoms with Gasteiger partial charge in [0.2, 0.25) is 11.8 Å². The largest absolute Gasteiger partial charge is 0.352 e. The average Bonchev–Trinajstić information content (AvgIpc) is 2.84. The maximum Gasteiger partial charge on any atom is 0.240 e. The lowest BCUT2D eigenvalue weighted by molar-refractivity contribution is -0.125. The number of anilines is 1. The van der Waals surface area contributed by atoms with E-state index in [-0.39, 0.29) is 24.4 Å². The zero-order valence-electron chi connectivity index (χ0n) is 12.5. The monoisotopic (exact) mass is 290 g/mol. The van der Waals surface area contributed by atoms with E-state index in [1.807, 2.05) is 17.7 Å². The van der Waals surface area contributed by atoms with Crippen molar-refractivity contribution in [3.63, 3.8) is 0 Å². The Morgan fingerprint density at radius 3 is 2.90 bits per heavy atom. The lowest BCUT2D eigenvalue weighted by atomic mass is 9.95. The topological polar surface area (TPSA) is 67.2 Å². The Morgan fingerprint density at radius 1 is 1.38 bits per heavy atom. The number of aromatic nitrogens is 2. The molecule has 1 saturated carbocycles. The van der Waals surface area contributed by atoms with E-state index in [9.17, 15) is 9.59 Å². The number of nitrogens with zero attached hydrogens (tertiary/aromatic N) is 3. The summed E-state index contributed by atoms with van der Waals surface area (Å²) in [4.78, 5) is 25.9. The van der Waals surface area contributed by atoms with E-state index in [1.54, 1.807) is 4.90 Å². The number of amides is 2. The molecular weight excluding hydrogens is 268 g/mol. The summed E-state index contributed by atoms with van der Waals surface area (Å²) in [6.45, 7) is 2.60. The quantitative estimate of drug-likeness (QED) is 0.914. The first-order valence-electron chi connectivity index (χ1n) is 7.77. The summed E-state index contributed by atoms with van der Waals surface area (Å²) >= 11 is 0. The Morgan fingerprint density at radius 2 is 2.14 bits per heavy atom. The lowest BCUT2D eigenvalue weighted by Crippen LogP contribution is -2.47. The van der Waals surface area contributed by atoms with E-state index in [0.29, 0.717) is 13.0 Å². The van der Waals surface area contributed by atoms with Gasteiger partial charge in [-0.2, -0.15) is 5.10 Å². The fraction of sp³-hybridized carbons (Fsp3) is 0.667. The van der Waals surface area contributed by atoms with Crippen molar-refractivity contribution < 1.29 is 9.59 Å². The van der Waals surface area contributed by atoms with Crippen molar-refractivity contribution in [3.05, 3.63) is 11.8 Å². The summed E-state index contributed by atoms with van der Waals surface area (Å²) < 4.78 is 1.81. The van der Waals surface area contributed by atoms with Crippen LogP contribution in [-0.2, 0) is 16.1 Å². The number of hydrogen-bond acceptors (Lipinski definition) is 3. The highest BCUT2D eigenvalue weighted by atomic mass is 16.2. The molecule has 1 aliphatic heterocycles. The summed E-state index contributed by atoms with van der Waals surface area (Å²) in [5.41, 5.74) is 0.873. The van der Waals surface area contributed by atoms with E-state index < -0.39 is 0 Å². The molecular formula is C15H22N4O2. The minimum Gasteiger partial charge on any atom is -0.352 e. The molecule has 0 spiro atoms. The van der Waals surface area contributed by atoms with Gasteiger partial charge in [0.1, 0.15) is 12.4 Å². The molecule has 2 amide bonds. The van der Waals surface area contributed by atoms with Gasteiger partial charge in [0.15, 0.2) is 0 Å². The molecule has 114 valence electrons. The van der Waals surface area contributed by atoms with Gasteiger partial charge in [-0.05, 0) is 19.8 Å². The van der Waals surface area contributed by atoms with Crippen LogP contribution in [0.3, 0.4) is 0 Å². The molecule has 3 rings (SSSR count). The Kier molecular flexibility index (Phi) is 3.94. The van der Waals surface area contributed by atoms with Gasteiger partial charge >= 0.3 is 0 Å². The Bertz CT molecular complexity index is 546. The van der Waals surface area contributed by atoms with Crippen LogP contribution in [0.2, 0.25) is 0 Å². The van der Waals surface area contributed by atoms with Crippen LogP contribution in [0.1, 0.15) is 44.2 Å². The van der Waals surface area contributed by atoms with Gasteiger partial charge in [-0.15, -0.1) is 0 Å². The predicted octanol–water partition coefficient (Wildman–Crippen LogP) is 1.38. The highest BCUT2D eigenvalue weighted by Gasteiger charge is 2.28. The van der Waals surface area contributed by atoms with Gasteiger partial charge in [-0.1, -0.05) is 19.3 Å². The molecule has 0 aromatic carbocycles. The highest BCUT2D eigenvalue weighted by Crippen LogP contribution is 2.22. The molecule has 0 saturated heterocycles. The third kappa shape index (κ3) is 3.09. The summed E-state index contributed by atoms with van der Waals surface area (Å²) in [6.07, 6.45) is 6.13. The van der Waals surface area contributed by atoms with Crippen molar-refractivity contribution in [2.45, 2.75) is 58.0 Å². The fourth-order valence-electron chi connectivity index (χ4n) is 3.21. The zero-order chi connectivity index (χ0) is 14.8. The van der Waals surface area contributed by atoms with Crippen LogP contribution in [-0.4, -0.2) is 34.2 Å². The standard InChI is InChI=1S/C15H22N4O2/c1-11-9-14-18(15(21)7-8-19(14)17-11)10-13(20)16-12-5-3-2-4-6-12/h9,12H,2-8,10H2,1H3,(H,16,20). The molecule has 6 nitrogen and oxygen atoms in total. The van der Waals surface area contributed by atoms with E-state index in [0.717, 1.165) is 24.4 Å². The molecule has 1 N–H and O–H groups in total. The predicted molar refractivity (Wildman–Crippen MR) is 78.9 cm³/mol. The van der Waals surface area contributed by atoms with Crippen LogP contribution < -0.4 is 10.2 Å². The van der Waals surface area contributed by atoms with Gasteiger partial charge in [-0.25, -0.2) is 4.68 Å². The average molecular weight is 290 g/mol. The number of rotatable bonds is 3. The number of carbonyl (C=O) groups is 2. The van der Waals surface area contributed by atoms with Crippen molar-refractivity contribution in [1.29, 1.82) is 0 Å². The number of nitrogens with one attached hydrogen (secondary N) is 1. The highest BCUT2D eigenvalue weighted by molar-refractivity contribution is 5.99. The van der Waals surface area contributed by atoms with Gasteiger partial charge < -0.3 is 5.32 Å². The fourth-order valence-corrected chi connectivity index (χ4v) is 3.21. The second-order valence-corrected chi connectivity index (χ2v) is 6.00. The summed E-state index contributed by atoms with van der Waals surface area (Å²) in [5, 5.41) is 7.41. The van der Waals surface area contributed by atoms with Crippen molar-refractivity contribution in [1.82, 2.24) is 15.1 Å². The first-order chi connectivity index (χ1) is 10.1. The molecule has 2 aliphatic rings. The molecule has 1 aromatic heterocycles. The SMILES string of the molecule is Cc1cc2n(n1)CCC(=O)N2CC(=O)NC1CCCCC1. The van der Waals surface area contributed by atoms with Gasteiger partial charge in [0.25, 0.3) is 0 Å². The van der Waals surface area contributed by atoms with E-state index in [4.69, 9.17) is 0 Å². The van der Waals surface area contributed by atoms with E-state index in [1.165, 1.54) is 19.3 Å². The lowest BCUT2D eigenvalue weighted by Gasteiger charge is -2.28. The third-order valence-electron chi connectivity index (χ3n) is 4.27. The van der Waals surface area contributed by atoms with Crippen LogP contribution in [0.4, 0.5) is 5.82 Å². The molecule has 1 fully saturated rings. The van der Waals surface area contributed by atoms with E-state index in [2.05, 4.69) is 10.4 Å². The molecule has 0 bridgehead atoms. The normalized spacial score (nSPS) is 19.5. The Hall–Kier alpha value is -1.85. The van der Waals surface area contributed by atoms with Gasteiger partial charge in [-0.3, -0.25) is 14.5 Å². The summed E-state index contributed by atoms with van der Waals surface area (Å²) in [6, 6.07) is 2.14. The molecule has 1 aromatic rings. The van der Waals surface area contributed by atoms with Crippen LogP contribution in [0.15, 0.2) is 6.07 Å². The molecule has 0 atom stereocenters.